The average molecular weight is 272 g/mol. The SMILES string of the molecule is C=Cc1ccc2c(c1)/C2=C\C(=C)C.C=Cc1ccccc1. The fourth-order valence-electron chi connectivity index (χ4n) is 2.08. The number of hydrogen-bond acceptors (Lipinski definition) is 0. The first kappa shape index (κ1) is 14.8. The van der Waals surface area contributed by atoms with Gasteiger partial charge in [0.25, 0.3) is 0 Å². The van der Waals surface area contributed by atoms with Crippen molar-refractivity contribution in [3.63, 3.8) is 0 Å². The number of benzene rings is 2. The molecule has 0 fully saturated rings. The van der Waals surface area contributed by atoms with Crippen molar-refractivity contribution in [2.45, 2.75) is 6.92 Å². The van der Waals surface area contributed by atoms with Gasteiger partial charge in [0.15, 0.2) is 0 Å². The molecule has 2 aromatic carbocycles. The van der Waals surface area contributed by atoms with Crippen molar-refractivity contribution in [2.75, 3.05) is 0 Å². The third-order valence-electron chi connectivity index (χ3n) is 3.22. The van der Waals surface area contributed by atoms with Crippen molar-refractivity contribution >= 4 is 17.7 Å². The number of rotatable bonds is 3. The molecule has 0 N–H and O–H groups in total. The Morgan fingerprint density at radius 1 is 0.857 bits per heavy atom. The molecule has 104 valence electrons. The maximum Gasteiger partial charge on any atom is -0.00929 e. The van der Waals surface area contributed by atoms with Crippen LogP contribution in [0.15, 0.2) is 79.9 Å². The Morgan fingerprint density at radius 2 is 1.52 bits per heavy atom. The van der Waals surface area contributed by atoms with Crippen molar-refractivity contribution in [3.8, 4) is 0 Å². The fraction of sp³-hybridized carbons (Fsp3) is 0.0476. The van der Waals surface area contributed by atoms with Gasteiger partial charge in [-0.15, -0.1) is 0 Å². The van der Waals surface area contributed by atoms with Gasteiger partial charge in [0.1, 0.15) is 0 Å². The highest BCUT2D eigenvalue weighted by atomic mass is 14.3. The van der Waals surface area contributed by atoms with E-state index in [2.05, 4.69) is 44.0 Å². The summed E-state index contributed by atoms with van der Waals surface area (Å²) in [7, 11) is 0. The van der Waals surface area contributed by atoms with Gasteiger partial charge in [-0.25, -0.2) is 0 Å². The first-order valence-corrected chi connectivity index (χ1v) is 6.97. The molecular formula is C21H20. The molecule has 0 saturated heterocycles. The van der Waals surface area contributed by atoms with Crippen LogP contribution >= 0.6 is 0 Å². The summed E-state index contributed by atoms with van der Waals surface area (Å²) in [5.41, 5.74) is 7.50. The third kappa shape index (κ3) is 3.93. The Kier molecular flexibility index (Phi) is 4.73. The predicted octanol–water partition coefficient (Wildman–Crippen LogP) is 5.98. The summed E-state index contributed by atoms with van der Waals surface area (Å²) in [4.78, 5) is 0. The van der Waals surface area contributed by atoms with E-state index in [1.165, 1.54) is 27.8 Å². The zero-order valence-electron chi connectivity index (χ0n) is 12.5. The lowest BCUT2D eigenvalue weighted by Crippen LogP contribution is -1.64. The molecule has 0 radical (unpaired) electrons. The predicted molar refractivity (Wildman–Crippen MR) is 95.0 cm³/mol. The Morgan fingerprint density at radius 3 is 2.05 bits per heavy atom. The van der Waals surface area contributed by atoms with Crippen molar-refractivity contribution in [2.24, 2.45) is 0 Å². The molecule has 0 aromatic heterocycles. The van der Waals surface area contributed by atoms with E-state index in [0.717, 1.165) is 5.57 Å². The molecule has 1 aliphatic rings. The van der Waals surface area contributed by atoms with Gasteiger partial charge in [0, 0.05) is 0 Å². The maximum absolute atomic E-state index is 3.86. The molecule has 1 aliphatic carbocycles. The second kappa shape index (κ2) is 6.71. The summed E-state index contributed by atoms with van der Waals surface area (Å²) < 4.78 is 0. The highest BCUT2D eigenvalue weighted by Gasteiger charge is 2.23. The Hall–Kier alpha value is -2.60. The van der Waals surface area contributed by atoms with Gasteiger partial charge < -0.3 is 0 Å². The van der Waals surface area contributed by atoms with Crippen molar-refractivity contribution < 1.29 is 0 Å². The van der Waals surface area contributed by atoms with Crippen LogP contribution in [0, 0.1) is 0 Å². The lowest BCUT2D eigenvalue weighted by atomic mass is 10.2. The van der Waals surface area contributed by atoms with Gasteiger partial charge in [-0.2, -0.15) is 0 Å². The summed E-state index contributed by atoms with van der Waals surface area (Å²) in [6.45, 7) is 13.3. The lowest BCUT2D eigenvalue weighted by Gasteiger charge is -1.85. The van der Waals surface area contributed by atoms with Gasteiger partial charge in [-0.3, -0.25) is 0 Å². The van der Waals surface area contributed by atoms with Crippen LogP contribution < -0.4 is 0 Å². The standard InChI is InChI=1S/C13H12.C8H8/c1-4-10-5-6-11-12(7-9(2)3)13(11)8-10;1-2-8-6-4-3-5-7-8/h4-8H,1-2H2,3H3;2-7H,1H2/b12-7-;. The monoisotopic (exact) mass is 272 g/mol. The molecule has 0 heterocycles. The smallest absolute Gasteiger partial charge is 0.00929 e. The van der Waals surface area contributed by atoms with Gasteiger partial charge in [-0.1, -0.05) is 86.0 Å². The molecule has 0 unspecified atom stereocenters. The van der Waals surface area contributed by atoms with Crippen LogP contribution in [0.5, 0.6) is 0 Å². The molecule has 0 bridgehead atoms. The molecule has 0 amide bonds. The van der Waals surface area contributed by atoms with Gasteiger partial charge in [-0.05, 0) is 40.8 Å². The van der Waals surface area contributed by atoms with Crippen molar-refractivity contribution in [1.82, 2.24) is 0 Å². The molecular weight excluding hydrogens is 252 g/mol. The minimum atomic E-state index is 1.10. The van der Waals surface area contributed by atoms with E-state index in [1.807, 2.05) is 49.4 Å². The van der Waals surface area contributed by atoms with Crippen LogP contribution in [0.25, 0.3) is 17.7 Å². The van der Waals surface area contributed by atoms with Crippen LogP contribution in [0.3, 0.4) is 0 Å². The zero-order chi connectivity index (χ0) is 15.2. The highest BCUT2D eigenvalue weighted by molar-refractivity contribution is 6.01. The van der Waals surface area contributed by atoms with Crippen LogP contribution in [0.2, 0.25) is 0 Å². The zero-order valence-corrected chi connectivity index (χ0v) is 12.5. The number of allylic oxidation sites excluding steroid dienone is 2. The van der Waals surface area contributed by atoms with E-state index in [0.29, 0.717) is 0 Å². The topological polar surface area (TPSA) is 0 Å². The largest absolute Gasteiger partial charge is 0.0985 e. The van der Waals surface area contributed by atoms with E-state index in [-0.39, 0.29) is 0 Å². The second-order valence-electron chi connectivity index (χ2n) is 5.03. The Bertz CT molecular complexity index is 700. The first-order valence-electron chi connectivity index (χ1n) is 6.97. The Balaban J connectivity index is 0.000000173. The van der Waals surface area contributed by atoms with E-state index >= 15 is 0 Å². The van der Waals surface area contributed by atoms with Gasteiger partial charge >= 0.3 is 0 Å². The van der Waals surface area contributed by atoms with E-state index in [1.54, 1.807) is 0 Å². The molecule has 0 atom stereocenters. The minimum absolute atomic E-state index is 1.10. The van der Waals surface area contributed by atoms with E-state index < -0.39 is 0 Å². The normalized spacial score (nSPS) is 12.7. The third-order valence-corrected chi connectivity index (χ3v) is 3.22. The molecule has 3 rings (SSSR count). The maximum atomic E-state index is 3.86. The molecule has 21 heavy (non-hydrogen) atoms. The van der Waals surface area contributed by atoms with Crippen LogP contribution in [0.1, 0.15) is 29.2 Å². The second-order valence-corrected chi connectivity index (χ2v) is 5.03. The highest BCUT2D eigenvalue weighted by Crippen LogP contribution is 2.43. The van der Waals surface area contributed by atoms with E-state index in [9.17, 15) is 0 Å². The van der Waals surface area contributed by atoms with Crippen LogP contribution in [0.4, 0.5) is 0 Å². The molecule has 0 aliphatic heterocycles. The van der Waals surface area contributed by atoms with Crippen molar-refractivity contribution in [3.05, 3.63) is 102 Å². The summed E-state index contributed by atoms with van der Waals surface area (Å²) in [6, 6.07) is 16.4. The van der Waals surface area contributed by atoms with Crippen molar-refractivity contribution in [1.29, 1.82) is 0 Å². The molecule has 0 spiro atoms. The molecule has 0 nitrogen and oxygen atoms in total. The quantitative estimate of drug-likeness (QED) is 0.550. The molecule has 2 aromatic rings. The van der Waals surface area contributed by atoms with E-state index in [4.69, 9.17) is 0 Å². The lowest BCUT2D eigenvalue weighted by molar-refractivity contribution is 1.58. The summed E-state index contributed by atoms with van der Waals surface area (Å²) in [5, 5.41) is 0. The fourth-order valence-corrected chi connectivity index (χ4v) is 2.08. The number of hydrogen-bond donors (Lipinski definition) is 0. The summed E-state index contributed by atoms with van der Waals surface area (Å²) >= 11 is 0. The van der Waals surface area contributed by atoms with Gasteiger partial charge in [0.2, 0.25) is 0 Å². The Labute approximate surface area is 127 Å². The number of fused-ring (bicyclic) bond motifs is 1. The van der Waals surface area contributed by atoms with Crippen LogP contribution in [-0.2, 0) is 0 Å². The minimum Gasteiger partial charge on any atom is -0.0985 e. The van der Waals surface area contributed by atoms with Gasteiger partial charge in [0.05, 0.1) is 0 Å². The summed E-state index contributed by atoms with van der Waals surface area (Å²) in [5.74, 6) is 0. The molecule has 0 saturated carbocycles. The van der Waals surface area contributed by atoms with Crippen LogP contribution in [-0.4, -0.2) is 0 Å². The average Bonchev–Trinajstić information content (AvgIpc) is 3.20. The first-order chi connectivity index (χ1) is 10.2. The summed E-state index contributed by atoms with van der Waals surface area (Å²) in [6.07, 6.45) is 5.83. The molecule has 0 heteroatoms.